The second kappa shape index (κ2) is 7.07. The molecule has 3 heterocycles. The average Bonchev–Trinajstić information content (AvgIpc) is 3.33. The summed E-state index contributed by atoms with van der Waals surface area (Å²) in [5, 5.41) is 14.1. The number of fused-ring (bicyclic) bond motifs is 2. The lowest BCUT2D eigenvalue weighted by Crippen LogP contribution is -2.18. The highest BCUT2D eigenvalue weighted by Gasteiger charge is 2.18. The van der Waals surface area contributed by atoms with Crippen molar-refractivity contribution in [1.82, 2.24) is 30.2 Å². The Labute approximate surface area is 174 Å². The monoisotopic (exact) mass is 416 g/mol. The van der Waals surface area contributed by atoms with Crippen molar-refractivity contribution < 1.29 is 14.4 Å². The van der Waals surface area contributed by atoms with Gasteiger partial charge in [-0.3, -0.25) is 10.0 Å². The molecule has 0 radical (unpaired) electrons. The van der Waals surface area contributed by atoms with Gasteiger partial charge in [-0.05, 0) is 35.9 Å². The van der Waals surface area contributed by atoms with Gasteiger partial charge in [0.2, 0.25) is 0 Å². The minimum absolute atomic E-state index is 0.0868. The molecule has 0 bridgehead atoms. The molecule has 2 aromatic carbocycles. The number of hydroxylamine groups is 1. The summed E-state index contributed by atoms with van der Waals surface area (Å²) in [4.78, 5) is 24.2. The molecule has 11 nitrogen and oxygen atoms in total. The van der Waals surface area contributed by atoms with Gasteiger partial charge in [-0.1, -0.05) is 12.1 Å². The lowest BCUT2D eigenvalue weighted by molar-refractivity contribution is 0.0706. The van der Waals surface area contributed by atoms with Gasteiger partial charge in [0.15, 0.2) is 11.2 Å². The van der Waals surface area contributed by atoms with Crippen LogP contribution in [0.25, 0.3) is 33.4 Å². The van der Waals surface area contributed by atoms with Gasteiger partial charge < -0.3 is 15.9 Å². The quantitative estimate of drug-likeness (QED) is 0.252. The number of oxazole rings is 1. The average molecular weight is 416 g/mol. The van der Waals surface area contributed by atoms with Crippen LogP contribution in [0.3, 0.4) is 0 Å². The minimum atomic E-state index is -0.581. The zero-order valence-corrected chi connectivity index (χ0v) is 16.0. The molecule has 0 fully saturated rings. The van der Waals surface area contributed by atoms with Crippen molar-refractivity contribution in [3.63, 3.8) is 0 Å². The van der Waals surface area contributed by atoms with Crippen molar-refractivity contribution in [1.29, 1.82) is 0 Å². The number of nitrogen functional groups attached to an aromatic ring is 2. The molecule has 0 saturated carbocycles. The van der Waals surface area contributed by atoms with Crippen molar-refractivity contribution >= 4 is 39.9 Å². The Morgan fingerprint density at radius 2 is 1.94 bits per heavy atom. The highest BCUT2D eigenvalue weighted by molar-refractivity contribution is 5.99. The number of hydrogen-bond acceptors (Lipinski definition) is 9. The number of anilines is 2. The smallest absolute Gasteiger partial charge is 0.292 e. The zero-order chi connectivity index (χ0) is 21.5. The number of amides is 1. The molecule has 5 aromatic rings. The number of rotatable bonds is 4. The van der Waals surface area contributed by atoms with Crippen LogP contribution in [0.15, 0.2) is 53.2 Å². The molecule has 154 valence electrons. The minimum Gasteiger partial charge on any atom is -0.424 e. The molecule has 0 aliphatic heterocycles. The molecule has 0 unspecified atom stereocenters. The summed E-state index contributed by atoms with van der Waals surface area (Å²) in [6.07, 6.45) is 1.38. The van der Waals surface area contributed by atoms with Crippen molar-refractivity contribution in [3.05, 3.63) is 59.9 Å². The van der Waals surface area contributed by atoms with E-state index >= 15 is 0 Å². The second-order valence-electron chi connectivity index (χ2n) is 6.84. The summed E-state index contributed by atoms with van der Waals surface area (Å²) in [7, 11) is 0. The largest absolute Gasteiger partial charge is 0.424 e. The molecule has 0 aliphatic rings. The standard InChI is InChI=1S/C20H16N8O3/c21-17-15-16(12-5-6-14-13(7-12)25-20(22)31-14)26-28(18(15)24-9-23-17)8-10-1-3-11(4-2-10)19(29)27-30/h1-7,9,30H,8H2,(H2,22,25)(H,27,29)(H2,21,23,24). The van der Waals surface area contributed by atoms with Gasteiger partial charge in [-0.2, -0.15) is 10.1 Å². The van der Waals surface area contributed by atoms with E-state index in [-0.39, 0.29) is 6.01 Å². The fourth-order valence-corrected chi connectivity index (χ4v) is 3.43. The van der Waals surface area contributed by atoms with Gasteiger partial charge >= 0.3 is 0 Å². The number of hydrogen-bond donors (Lipinski definition) is 4. The first-order valence-electron chi connectivity index (χ1n) is 9.20. The SMILES string of the molecule is Nc1nc2cc(-c3nn(Cc4ccc(C(=O)NO)cc4)c4ncnc(N)c34)ccc2o1. The first-order chi connectivity index (χ1) is 15.0. The molecular weight excluding hydrogens is 400 g/mol. The lowest BCUT2D eigenvalue weighted by atomic mass is 10.1. The second-order valence-corrected chi connectivity index (χ2v) is 6.84. The summed E-state index contributed by atoms with van der Waals surface area (Å²) in [6.45, 7) is 0.382. The van der Waals surface area contributed by atoms with Crippen LogP contribution in [0, 0.1) is 0 Å². The van der Waals surface area contributed by atoms with Gasteiger partial charge in [-0.25, -0.2) is 20.1 Å². The normalized spacial score (nSPS) is 11.3. The number of carbonyl (C=O) groups excluding carboxylic acids is 1. The Morgan fingerprint density at radius 3 is 2.71 bits per heavy atom. The fourth-order valence-electron chi connectivity index (χ4n) is 3.43. The predicted octanol–water partition coefficient (Wildman–Crippen LogP) is 1.97. The summed E-state index contributed by atoms with van der Waals surface area (Å²) >= 11 is 0. The maximum absolute atomic E-state index is 11.5. The molecule has 1 amide bonds. The Kier molecular flexibility index (Phi) is 4.22. The third-order valence-corrected chi connectivity index (χ3v) is 4.89. The third-order valence-electron chi connectivity index (χ3n) is 4.89. The number of aromatic nitrogens is 5. The van der Waals surface area contributed by atoms with Crippen LogP contribution in [0.4, 0.5) is 11.8 Å². The maximum Gasteiger partial charge on any atom is 0.292 e. The Hall–Kier alpha value is -4.51. The zero-order valence-electron chi connectivity index (χ0n) is 16.0. The van der Waals surface area contributed by atoms with E-state index < -0.39 is 5.91 Å². The Balaban J connectivity index is 1.59. The van der Waals surface area contributed by atoms with Crippen LogP contribution < -0.4 is 16.9 Å². The molecule has 0 saturated heterocycles. The highest BCUT2D eigenvalue weighted by Crippen LogP contribution is 2.32. The Morgan fingerprint density at radius 1 is 1.13 bits per heavy atom. The van der Waals surface area contributed by atoms with Gasteiger partial charge in [0.25, 0.3) is 11.9 Å². The van der Waals surface area contributed by atoms with Crippen LogP contribution >= 0.6 is 0 Å². The van der Waals surface area contributed by atoms with Gasteiger partial charge in [0, 0.05) is 11.1 Å². The van der Waals surface area contributed by atoms with Crippen LogP contribution in [0.2, 0.25) is 0 Å². The van der Waals surface area contributed by atoms with Gasteiger partial charge in [0.05, 0.1) is 11.9 Å². The van der Waals surface area contributed by atoms with Gasteiger partial charge in [-0.15, -0.1) is 0 Å². The van der Waals surface area contributed by atoms with E-state index in [0.29, 0.717) is 45.8 Å². The number of benzene rings is 2. The molecular formula is C20H16N8O3. The molecule has 11 heteroatoms. The molecule has 0 spiro atoms. The predicted molar refractivity (Wildman–Crippen MR) is 112 cm³/mol. The molecule has 3 aromatic heterocycles. The molecule has 0 atom stereocenters. The van der Waals surface area contributed by atoms with Crippen LogP contribution in [0.1, 0.15) is 15.9 Å². The molecule has 6 N–H and O–H groups in total. The third kappa shape index (κ3) is 3.18. The van der Waals surface area contributed by atoms with E-state index in [2.05, 4.69) is 15.0 Å². The van der Waals surface area contributed by atoms with Gasteiger partial charge in [0.1, 0.15) is 23.4 Å². The highest BCUT2D eigenvalue weighted by atomic mass is 16.5. The molecule has 5 rings (SSSR count). The van der Waals surface area contributed by atoms with E-state index in [1.165, 1.54) is 6.33 Å². The van der Waals surface area contributed by atoms with Crippen LogP contribution in [0.5, 0.6) is 0 Å². The van der Waals surface area contributed by atoms with E-state index in [9.17, 15) is 4.79 Å². The van der Waals surface area contributed by atoms with Crippen molar-refractivity contribution in [3.8, 4) is 11.3 Å². The fraction of sp³-hybridized carbons (Fsp3) is 0.0500. The van der Waals surface area contributed by atoms with E-state index in [1.54, 1.807) is 40.5 Å². The van der Waals surface area contributed by atoms with E-state index in [4.69, 9.17) is 26.2 Å². The van der Waals surface area contributed by atoms with E-state index in [0.717, 1.165) is 11.1 Å². The summed E-state index contributed by atoms with van der Waals surface area (Å²) in [5.74, 6) is -0.274. The number of nitrogens with two attached hydrogens (primary N) is 2. The number of nitrogens with one attached hydrogen (secondary N) is 1. The summed E-state index contributed by atoms with van der Waals surface area (Å²) in [6, 6.07) is 12.3. The lowest BCUT2D eigenvalue weighted by Gasteiger charge is -2.05. The number of carbonyl (C=O) groups is 1. The summed E-state index contributed by atoms with van der Waals surface area (Å²) < 4.78 is 7.05. The topological polar surface area (TPSA) is 171 Å². The maximum atomic E-state index is 11.5. The summed E-state index contributed by atoms with van der Waals surface area (Å²) in [5.41, 5.74) is 17.7. The first-order valence-corrected chi connectivity index (χ1v) is 9.20. The Bertz CT molecular complexity index is 1440. The molecule has 31 heavy (non-hydrogen) atoms. The van der Waals surface area contributed by atoms with Crippen LogP contribution in [-0.2, 0) is 6.54 Å². The first kappa shape index (κ1) is 18.5. The van der Waals surface area contributed by atoms with Crippen molar-refractivity contribution in [2.24, 2.45) is 0 Å². The van der Waals surface area contributed by atoms with E-state index in [1.807, 2.05) is 12.1 Å². The number of nitrogens with zero attached hydrogens (tertiary/aromatic N) is 5. The van der Waals surface area contributed by atoms with Crippen molar-refractivity contribution in [2.45, 2.75) is 6.54 Å². The van der Waals surface area contributed by atoms with Crippen LogP contribution in [-0.4, -0.2) is 35.8 Å². The van der Waals surface area contributed by atoms with Crippen molar-refractivity contribution in [2.75, 3.05) is 11.5 Å². The molecule has 0 aliphatic carbocycles.